The van der Waals surface area contributed by atoms with Gasteiger partial charge >= 0.3 is 0 Å². The van der Waals surface area contributed by atoms with E-state index < -0.39 is 6.43 Å². The third kappa shape index (κ3) is 2.52. The van der Waals surface area contributed by atoms with Crippen molar-refractivity contribution in [1.82, 2.24) is 5.32 Å². The maximum atomic E-state index is 12.1. The highest BCUT2D eigenvalue weighted by Gasteiger charge is 2.20. The van der Waals surface area contributed by atoms with Crippen LogP contribution in [0.2, 0.25) is 0 Å². The summed E-state index contributed by atoms with van der Waals surface area (Å²) in [7, 11) is 0. The van der Waals surface area contributed by atoms with E-state index in [1.165, 1.54) is 0 Å². The fraction of sp³-hybridized carbons (Fsp3) is 0.455. The zero-order chi connectivity index (χ0) is 10.7. The lowest BCUT2D eigenvalue weighted by Crippen LogP contribution is -2.32. The molecular formula is C11H13F2NO. The normalized spacial score (nSPS) is 20.3. The van der Waals surface area contributed by atoms with E-state index in [1.54, 1.807) is 0 Å². The first-order valence-electron chi connectivity index (χ1n) is 4.94. The molecule has 1 unspecified atom stereocenters. The monoisotopic (exact) mass is 213 g/mol. The molecular weight excluding hydrogens is 200 g/mol. The first kappa shape index (κ1) is 10.5. The van der Waals surface area contributed by atoms with Crippen molar-refractivity contribution in [2.75, 3.05) is 13.2 Å². The maximum Gasteiger partial charge on any atom is 0.250 e. The Hall–Kier alpha value is -1.00. The standard InChI is InChI=1S/C11H13F2NO/c12-11(13)5-14-10-7-15-6-8-3-1-2-4-9(8)10/h1-4,10-11,14H,5-7H2. The van der Waals surface area contributed by atoms with Crippen LogP contribution in [0.1, 0.15) is 17.2 Å². The lowest BCUT2D eigenvalue weighted by atomic mass is 9.99. The largest absolute Gasteiger partial charge is 0.375 e. The number of nitrogens with one attached hydrogen (secondary N) is 1. The minimum atomic E-state index is -2.32. The van der Waals surface area contributed by atoms with Gasteiger partial charge in [0.1, 0.15) is 0 Å². The lowest BCUT2D eigenvalue weighted by molar-refractivity contribution is 0.0718. The summed E-state index contributed by atoms with van der Waals surface area (Å²) in [5.74, 6) is 0. The van der Waals surface area contributed by atoms with Crippen LogP contribution in [0.4, 0.5) is 8.78 Å². The number of alkyl halides is 2. The zero-order valence-corrected chi connectivity index (χ0v) is 8.25. The Kier molecular flexibility index (Phi) is 3.28. The zero-order valence-electron chi connectivity index (χ0n) is 8.25. The minimum absolute atomic E-state index is 0.107. The van der Waals surface area contributed by atoms with Crippen molar-refractivity contribution in [2.24, 2.45) is 0 Å². The summed E-state index contributed by atoms with van der Waals surface area (Å²) >= 11 is 0. The molecule has 0 bridgehead atoms. The summed E-state index contributed by atoms with van der Waals surface area (Å²) in [5.41, 5.74) is 2.15. The van der Waals surface area contributed by atoms with Crippen LogP contribution in [0.25, 0.3) is 0 Å². The second-order valence-corrected chi connectivity index (χ2v) is 3.57. The van der Waals surface area contributed by atoms with Crippen LogP contribution in [-0.2, 0) is 11.3 Å². The first-order valence-corrected chi connectivity index (χ1v) is 4.94. The van der Waals surface area contributed by atoms with Crippen LogP contribution in [0.3, 0.4) is 0 Å². The van der Waals surface area contributed by atoms with E-state index >= 15 is 0 Å². The van der Waals surface area contributed by atoms with Crippen LogP contribution in [0.15, 0.2) is 24.3 Å². The third-order valence-electron chi connectivity index (χ3n) is 2.49. The molecule has 0 saturated heterocycles. The molecule has 0 spiro atoms. The molecule has 1 atom stereocenters. The van der Waals surface area contributed by atoms with Crippen molar-refractivity contribution in [2.45, 2.75) is 19.1 Å². The van der Waals surface area contributed by atoms with Crippen molar-refractivity contribution in [3.8, 4) is 0 Å². The summed E-state index contributed by atoms with van der Waals surface area (Å²) in [6, 6.07) is 7.66. The average molecular weight is 213 g/mol. The highest BCUT2D eigenvalue weighted by atomic mass is 19.3. The molecule has 1 heterocycles. The van der Waals surface area contributed by atoms with Gasteiger partial charge in [0.2, 0.25) is 0 Å². The predicted octanol–water partition coefficient (Wildman–Crippen LogP) is 2.11. The first-order chi connectivity index (χ1) is 7.27. The number of benzene rings is 1. The van der Waals surface area contributed by atoms with Crippen LogP contribution in [-0.4, -0.2) is 19.6 Å². The van der Waals surface area contributed by atoms with Gasteiger partial charge in [0.15, 0.2) is 0 Å². The minimum Gasteiger partial charge on any atom is -0.375 e. The van der Waals surface area contributed by atoms with E-state index in [4.69, 9.17) is 4.74 Å². The Morgan fingerprint density at radius 3 is 3.00 bits per heavy atom. The van der Waals surface area contributed by atoms with E-state index in [9.17, 15) is 8.78 Å². The van der Waals surface area contributed by atoms with E-state index in [0.29, 0.717) is 13.2 Å². The summed E-state index contributed by atoms with van der Waals surface area (Å²) in [6.45, 7) is 0.745. The highest BCUT2D eigenvalue weighted by Crippen LogP contribution is 2.24. The molecule has 1 aliphatic rings. The van der Waals surface area contributed by atoms with Gasteiger partial charge < -0.3 is 10.1 Å². The molecule has 0 saturated carbocycles. The van der Waals surface area contributed by atoms with Crippen LogP contribution < -0.4 is 5.32 Å². The molecule has 1 aromatic rings. The second kappa shape index (κ2) is 4.68. The van der Waals surface area contributed by atoms with Crippen molar-refractivity contribution < 1.29 is 13.5 Å². The molecule has 4 heteroatoms. The molecule has 0 fully saturated rings. The Morgan fingerprint density at radius 1 is 1.40 bits per heavy atom. The summed E-state index contributed by atoms with van der Waals surface area (Å²) in [6.07, 6.45) is -2.32. The van der Waals surface area contributed by atoms with Crippen LogP contribution in [0.5, 0.6) is 0 Å². The number of hydrogen-bond acceptors (Lipinski definition) is 2. The number of hydrogen-bond donors (Lipinski definition) is 1. The van der Waals surface area contributed by atoms with Gasteiger partial charge in [-0.1, -0.05) is 24.3 Å². The summed E-state index contributed by atoms with van der Waals surface area (Å²) < 4.78 is 29.5. The van der Waals surface area contributed by atoms with E-state index in [-0.39, 0.29) is 12.6 Å². The van der Waals surface area contributed by atoms with Crippen LogP contribution >= 0.6 is 0 Å². The molecule has 0 aromatic heterocycles. The molecule has 1 aliphatic heterocycles. The third-order valence-corrected chi connectivity index (χ3v) is 2.49. The molecule has 2 nitrogen and oxygen atoms in total. The molecule has 1 N–H and O–H groups in total. The van der Waals surface area contributed by atoms with Crippen molar-refractivity contribution in [1.29, 1.82) is 0 Å². The van der Waals surface area contributed by atoms with E-state index in [2.05, 4.69) is 5.32 Å². The van der Waals surface area contributed by atoms with E-state index in [0.717, 1.165) is 11.1 Å². The van der Waals surface area contributed by atoms with Crippen molar-refractivity contribution in [3.05, 3.63) is 35.4 Å². The highest BCUT2D eigenvalue weighted by molar-refractivity contribution is 5.30. The molecule has 2 rings (SSSR count). The smallest absolute Gasteiger partial charge is 0.250 e. The molecule has 0 radical (unpaired) electrons. The molecule has 82 valence electrons. The SMILES string of the molecule is FC(F)CNC1COCc2ccccc21. The van der Waals surface area contributed by atoms with E-state index in [1.807, 2.05) is 24.3 Å². The molecule has 0 aliphatic carbocycles. The van der Waals surface area contributed by atoms with Gasteiger partial charge in [-0.15, -0.1) is 0 Å². The quantitative estimate of drug-likeness (QED) is 0.830. The van der Waals surface area contributed by atoms with Gasteiger partial charge in [0.25, 0.3) is 6.43 Å². The van der Waals surface area contributed by atoms with Gasteiger partial charge in [0, 0.05) is 0 Å². The Morgan fingerprint density at radius 2 is 2.20 bits per heavy atom. The number of ether oxygens (including phenoxy) is 1. The summed E-state index contributed by atoms with van der Waals surface area (Å²) in [5, 5.41) is 2.80. The predicted molar refractivity (Wildman–Crippen MR) is 52.8 cm³/mol. The number of halogens is 2. The van der Waals surface area contributed by atoms with Crippen molar-refractivity contribution >= 4 is 0 Å². The fourth-order valence-corrected chi connectivity index (χ4v) is 1.78. The van der Waals surface area contributed by atoms with Crippen LogP contribution in [0, 0.1) is 0 Å². The van der Waals surface area contributed by atoms with Gasteiger partial charge in [-0.2, -0.15) is 0 Å². The number of rotatable bonds is 3. The van der Waals surface area contributed by atoms with Gasteiger partial charge in [-0.25, -0.2) is 8.78 Å². The Labute approximate surface area is 87.2 Å². The average Bonchev–Trinajstić information content (AvgIpc) is 2.26. The summed E-state index contributed by atoms with van der Waals surface area (Å²) in [4.78, 5) is 0. The topological polar surface area (TPSA) is 21.3 Å². The lowest BCUT2D eigenvalue weighted by Gasteiger charge is -2.26. The Bertz CT molecular complexity index is 330. The fourth-order valence-electron chi connectivity index (χ4n) is 1.78. The second-order valence-electron chi connectivity index (χ2n) is 3.57. The number of fused-ring (bicyclic) bond motifs is 1. The van der Waals surface area contributed by atoms with Gasteiger partial charge in [-0.3, -0.25) is 0 Å². The molecule has 0 amide bonds. The van der Waals surface area contributed by atoms with Gasteiger partial charge in [0.05, 0.1) is 25.8 Å². The van der Waals surface area contributed by atoms with Crippen molar-refractivity contribution in [3.63, 3.8) is 0 Å². The molecule has 15 heavy (non-hydrogen) atoms. The van der Waals surface area contributed by atoms with Gasteiger partial charge in [-0.05, 0) is 11.1 Å². The Balaban J connectivity index is 2.08. The molecule has 1 aromatic carbocycles. The maximum absolute atomic E-state index is 12.1.